The Morgan fingerprint density at radius 2 is 2.31 bits per heavy atom. The number of aryl methyl sites for hydroxylation is 1. The van der Waals surface area contributed by atoms with Crippen LogP contribution in [0.2, 0.25) is 5.02 Å². The Morgan fingerprint density at radius 3 is 3.08 bits per heavy atom. The van der Waals surface area contributed by atoms with Gasteiger partial charge in [0, 0.05) is 11.1 Å². The van der Waals surface area contributed by atoms with Gasteiger partial charge in [-0.05, 0) is 37.7 Å². The van der Waals surface area contributed by atoms with Crippen molar-refractivity contribution in [2.45, 2.75) is 45.6 Å². The van der Waals surface area contributed by atoms with Gasteiger partial charge in [-0.1, -0.05) is 24.9 Å². The highest BCUT2D eigenvalue weighted by molar-refractivity contribution is 7.19. The van der Waals surface area contributed by atoms with E-state index in [1.165, 1.54) is 35.1 Å². The number of hydrogen-bond acceptors (Lipinski definition) is 5. The van der Waals surface area contributed by atoms with Gasteiger partial charge in [0.1, 0.15) is 17.2 Å². The second kappa shape index (κ2) is 6.03. The average Bonchev–Trinajstić information content (AvgIpc) is 3.35. The van der Waals surface area contributed by atoms with Gasteiger partial charge in [-0.25, -0.2) is 14.5 Å². The summed E-state index contributed by atoms with van der Waals surface area (Å²) in [5.74, 6) is 1.52. The van der Waals surface area contributed by atoms with Crippen molar-refractivity contribution in [2.75, 3.05) is 0 Å². The molecule has 6 nitrogen and oxygen atoms in total. The molecule has 0 spiro atoms. The quantitative estimate of drug-likeness (QED) is 0.526. The van der Waals surface area contributed by atoms with E-state index in [-0.39, 0.29) is 6.04 Å². The molecule has 2 unspecified atom stereocenters. The first-order valence-corrected chi connectivity index (χ1v) is 10.2. The molecule has 0 aromatic carbocycles. The van der Waals surface area contributed by atoms with Crippen molar-refractivity contribution < 1.29 is 0 Å². The number of halogens is 1. The fraction of sp³-hybridized carbons (Fsp3) is 0.444. The second-order valence-corrected chi connectivity index (χ2v) is 8.52. The van der Waals surface area contributed by atoms with Crippen LogP contribution in [-0.4, -0.2) is 29.4 Å². The Morgan fingerprint density at radius 1 is 1.42 bits per heavy atom. The van der Waals surface area contributed by atoms with Crippen LogP contribution in [0.25, 0.3) is 15.9 Å². The molecule has 4 aromatic rings. The Balaban J connectivity index is 1.64. The fourth-order valence-corrected chi connectivity index (χ4v) is 5.27. The molecule has 8 heteroatoms. The van der Waals surface area contributed by atoms with E-state index in [1.54, 1.807) is 27.9 Å². The van der Waals surface area contributed by atoms with Crippen LogP contribution < -0.4 is 0 Å². The highest BCUT2D eigenvalue weighted by Crippen LogP contribution is 2.39. The fourth-order valence-electron chi connectivity index (χ4n) is 3.83. The van der Waals surface area contributed by atoms with E-state index in [0.29, 0.717) is 5.02 Å². The van der Waals surface area contributed by atoms with Crippen LogP contribution >= 0.6 is 22.9 Å². The zero-order chi connectivity index (χ0) is 17.8. The van der Waals surface area contributed by atoms with Gasteiger partial charge in [0.15, 0.2) is 11.5 Å². The van der Waals surface area contributed by atoms with Crippen molar-refractivity contribution in [3.8, 4) is 0 Å². The number of fused-ring (bicyclic) bond motifs is 5. The molecule has 0 saturated heterocycles. The third-order valence-electron chi connectivity index (χ3n) is 5.42. The van der Waals surface area contributed by atoms with Gasteiger partial charge in [-0.2, -0.15) is 5.10 Å². The van der Waals surface area contributed by atoms with Crippen LogP contribution in [0.5, 0.6) is 0 Å². The predicted molar refractivity (Wildman–Crippen MR) is 103 cm³/mol. The summed E-state index contributed by atoms with van der Waals surface area (Å²) < 4.78 is 3.59. The molecule has 0 bridgehead atoms. The summed E-state index contributed by atoms with van der Waals surface area (Å²) in [5.41, 5.74) is 2.34. The lowest BCUT2D eigenvalue weighted by atomic mass is 9.86. The lowest BCUT2D eigenvalue weighted by molar-refractivity contribution is 0.451. The Labute approximate surface area is 159 Å². The zero-order valence-electron chi connectivity index (χ0n) is 14.7. The van der Waals surface area contributed by atoms with Crippen LogP contribution in [0.15, 0.2) is 18.7 Å². The van der Waals surface area contributed by atoms with E-state index in [4.69, 9.17) is 16.6 Å². The molecule has 4 heterocycles. The first kappa shape index (κ1) is 16.2. The molecule has 0 saturated carbocycles. The minimum atomic E-state index is -0.0867. The van der Waals surface area contributed by atoms with E-state index in [2.05, 4.69) is 22.1 Å². The second-order valence-electron chi connectivity index (χ2n) is 7.00. The van der Waals surface area contributed by atoms with Crippen molar-refractivity contribution in [1.29, 1.82) is 0 Å². The van der Waals surface area contributed by atoms with E-state index in [1.807, 2.05) is 18.3 Å². The highest BCUT2D eigenvalue weighted by atomic mass is 35.5. The largest absolute Gasteiger partial charge is 0.261 e. The van der Waals surface area contributed by atoms with Gasteiger partial charge in [0.25, 0.3) is 0 Å². The Kier molecular flexibility index (Phi) is 3.76. The van der Waals surface area contributed by atoms with Crippen molar-refractivity contribution in [1.82, 2.24) is 29.4 Å². The lowest BCUT2D eigenvalue weighted by Crippen LogP contribution is -2.11. The normalized spacial score (nSPS) is 18.5. The molecule has 0 fully saturated rings. The minimum absolute atomic E-state index is 0.0867. The monoisotopic (exact) mass is 386 g/mol. The topological polar surface area (TPSA) is 60.9 Å². The summed E-state index contributed by atoms with van der Waals surface area (Å²) in [4.78, 5) is 12.1. The number of nitrogens with zero attached hydrogens (tertiary/aromatic N) is 6. The third-order valence-corrected chi connectivity index (χ3v) is 6.78. The summed E-state index contributed by atoms with van der Waals surface area (Å²) in [6, 6.07) is -0.0867. The number of aromatic nitrogens is 6. The number of hydrogen-bond donors (Lipinski definition) is 0. The van der Waals surface area contributed by atoms with Crippen molar-refractivity contribution in [2.24, 2.45) is 5.92 Å². The van der Waals surface area contributed by atoms with Gasteiger partial charge < -0.3 is 0 Å². The predicted octanol–water partition coefficient (Wildman–Crippen LogP) is 4.31. The van der Waals surface area contributed by atoms with Gasteiger partial charge >= 0.3 is 0 Å². The van der Waals surface area contributed by atoms with Gasteiger partial charge in [-0.15, -0.1) is 16.4 Å². The maximum Gasteiger partial charge on any atom is 0.176 e. The van der Waals surface area contributed by atoms with Crippen LogP contribution in [0, 0.1) is 5.92 Å². The number of rotatable bonds is 3. The molecule has 4 aromatic heterocycles. The molecule has 0 aliphatic heterocycles. The molecule has 1 aliphatic rings. The number of thiophene rings is 1. The molecule has 0 radical (unpaired) electrons. The summed E-state index contributed by atoms with van der Waals surface area (Å²) in [6.45, 7) is 4.31. The summed E-state index contributed by atoms with van der Waals surface area (Å²) in [7, 11) is 0. The van der Waals surface area contributed by atoms with Crippen LogP contribution in [0.3, 0.4) is 0 Å². The average molecular weight is 387 g/mol. The first-order valence-electron chi connectivity index (χ1n) is 8.99. The molecule has 0 N–H and O–H groups in total. The highest BCUT2D eigenvalue weighted by Gasteiger charge is 2.25. The Hall–Kier alpha value is -1.99. The smallest absolute Gasteiger partial charge is 0.176 e. The van der Waals surface area contributed by atoms with Gasteiger partial charge in [0.2, 0.25) is 0 Å². The molecule has 134 valence electrons. The van der Waals surface area contributed by atoms with Gasteiger partial charge in [0.05, 0.1) is 16.6 Å². The van der Waals surface area contributed by atoms with Crippen LogP contribution in [0.4, 0.5) is 0 Å². The maximum atomic E-state index is 6.00. The summed E-state index contributed by atoms with van der Waals surface area (Å²) in [5, 5.41) is 10.7. The summed E-state index contributed by atoms with van der Waals surface area (Å²) in [6.07, 6.45) is 9.98. The molecule has 0 amide bonds. The van der Waals surface area contributed by atoms with Crippen molar-refractivity contribution in [3.63, 3.8) is 0 Å². The van der Waals surface area contributed by atoms with E-state index in [0.717, 1.165) is 28.6 Å². The molecule has 2 atom stereocenters. The third kappa shape index (κ3) is 2.45. The molecule has 5 rings (SSSR count). The van der Waals surface area contributed by atoms with Gasteiger partial charge in [-0.3, -0.25) is 4.68 Å². The van der Waals surface area contributed by atoms with Crippen molar-refractivity contribution in [3.05, 3.63) is 40.0 Å². The first-order chi connectivity index (χ1) is 12.6. The molecular formula is C18H19ClN6S. The Bertz CT molecular complexity index is 1110. The maximum absolute atomic E-state index is 6.00. The van der Waals surface area contributed by atoms with E-state index >= 15 is 0 Å². The molecule has 26 heavy (non-hydrogen) atoms. The van der Waals surface area contributed by atoms with Crippen LogP contribution in [-0.2, 0) is 12.8 Å². The SMILES string of the molecule is CCC1CCc2c(sc3ncn4nc(C(C)n5cc(Cl)cn5)nc4c23)C1. The molecule has 1 aliphatic carbocycles. The van der Waals surface area contributed by atoms with Crippen LogP contribution in [0.1, 0.15) is 49.0 Å². The molecular weight excluding hydrogens is 368 g/mol. The van der Waals surface area contributed by atoms with E-state index in [9.17, 15) is 0 Å². The van der Waals surface area contributed by atoms with Crippen molar-refractivity contribution >= 4 is 38.8 Å². The minimum Gasteiger partial charge on any atom is -0.261 e. The summed E-state index contributed by atoms with van der Waals surface area (Å²) >= 11 is 7.82. The zero-order valence-corrected chi connectivity index (χ0v) is 16.3. The standard InChI is InChI=1S/C18H19ClN6S/c1-3-11-4-5-13-14(6-11)26-18-15(13)17-22-16(23-25(17)9-20-18)10(2)24-8-12(19)7-21-24/h7-11H,3-6H2,1-2H3. The van der Waals surface area contributed by atoms with E-state index < -0.39 is 0 Å². The lowest BCUT2D eigenvalue weighted by Gasteiger charge is -2.20.